The first-order chi connectivity index (χ1) is 9.51. The van der Waals surface area contributed by atoms with E-state index in [9.17, 15) is 0 Å². The van der Waals surface area contributed by atoms with Gasteiger partial charge in [0.25, 0.3) is 0 Å². The molecule has 2 aromatic carbocycles. The molecule has 5 heteroatoms. The van der Waals surface area contributed by atoms with Gasteiger partial charge < -0.3 is 5.32 Å². The lowest BCUT2D eigenvalue weighted by molar-refractivity contribution is 0.748. The van der Waals surface area contributed by atoms with Gasteiger partial charge in [-0.3, -0.25) is 0 Å². The molecule has 1 atom stereocenters. The summed E-state index contributed by atoms with van der Waals surface area (Å²) >= 11 is 14.2. The number of halogens is 4. The summed E-state index contributed by atoms with van der Waals surface area (Å²) in [6.07, 6.45) is 1.01. The molecular formula is C15H13Br4N. The summed E-state index contributed by atoms with van der Waals surface area (Å²) in [4.78, 5) is 0. The van der Waals surface area contributed by atoms with Crippen LogP contribution in [-0.2, 0) is 0 Å². The summed E-state index contributed by atoms with van der Waals surface area (Å²) in [5.41, 5.74) is 2.35. The molecule has 0 saturated heterocycles. The minimum Gasteiger partial charge on any atom is -0.376 e. The Morgan fingerprint density at radius 2 is 1.45 bits per heavy atom. The summed E-state index contributed by atoms with van der Waals surface area (Å²) < 4.78 is 4.21. The maximum Gasteiger partial charge on any atom is 0.0634 e. The van der Waals surface area contributed by atoms with Crippen molar-refractivity contribution in [3.63, 3.8) is 0 Å². The molecule has 0 aliphatic rings. The lowest BCUT2D eigenvalue weighted by Gasteiger charge is -2.21. The maximum atomic E-state index is 3.61. The number of nitrogens with one attached hydrogen (secondary N) is 1. The van der Waals surface area contributed by atoms with Gasteiger partial charge in [0.15, 0.2) is 0 Å². The van der Waals surface area contributed by atoms with E-state index in [-0.39, 0.29) is 6.04 Å². The molecule has 2 rings (SSSR count). The second-order valence-corrected chi connectivity index (χ2v) is 7.94. The number of anilines is 1. The van der Waals surface area contributed by atoms with Gasteiger partial charge in [0, 0.05) is 17.9 Å². The van der Waals surface area contributed by atoms with Crippen LogP contribution in [0.1, 0.15) is 24.9 Å². The fraction of sp³-hybridized carbons (Fsp3) is 0.200. The number of rotatable bonds is 4. The summed E-state index contributed by atoms with van der Waals surface area (Å²) in [6, 6.07) is 12.8. The Kier molecular flexibility index (Phi) is 6.14. The van der Waals surface area contributed by atoms with Gasteiger partial charge in [-0.15, -0.1) is 0 Å². The van der Waals surface area contributed by atoms with E-state index in [1.165, 1.54) is 5.56 Å². The average Bonchev–Trinajstić information content (AvgIpc) is 2.39. The molecule has 0 saturated carbocycles. The van der Waals surface area contributed by atoms with Crippen LogP contribution in [0, 0.1) is 0 Å². The Labute approximate surface area is 153 Å². The molecule has 0 aliphatic carbocycles. The third kappa shape index (κ3) is 4.09. The van der Waals surface area contributed by atoms with Crippen LogP contribution in [0.3, 0.4) is 0 Å². The lowest BCUT2D eigenvalue weighted by Crippen LogP contribution is -2.10. The largest absolute Gasteiger partial charge is 0.376 e. The highest BCUT2D eigenvalue weighted by Crippen LogP contribution is 2.37. The molecule has 0 aliphatic heterocycles. The quantitative estimate of drug-likeness (QED) is 0.441. The molecular weight excluding hydrogens is 514 g/mol. The maximum absolute atomic E-state index is 3.61. The van der Waals surface area contributed by atoms with Gasteiger partial charge in [0.05, 0.1) is 11.7 Å². The second kappa shape index (κ2) is 7.43. The SMILES string of the molecule is CCC(Nc1c(Br)cc(Br)cc1Br)c1ccc(Br)cc1. The standard InChI is InChI=1S/C15H13Br4N/c1-2-14(9-3-5-10(16)6-4-9)20-15-12(18)7-11(17)8-13(15)19/h3-8,14,20H,2H2,1H3. The van der Waals surface area contributed by atoms with Crippen molar-refractivity contribution >= 4 is 69.4 Å². The van der Waals surface area contributed by atoms with Crippen LogP contribution in [0.15, 0.2) is 54.3 Å². The molecule has 1 nitrogen and oxygen atoms in total. The highest BCUT2D eigenvalue weighted by atomic mass is 79.9. The van der Waals surface area contributed by atoms with Crippen molar-refractivity contribution < 1.29 is 0 Å². The third-order valence-electron chi connectivity index (χ3n) is 3.01. The Morgan fingerprint density at radius 3 is 1.95 bits per heavy atom. The zero-order chi connectivity index (χ0) is 14.7. The van der Waals surface area contributed by atoms with Gasteiger partial charge in [-0.05, 0) is 68.1 Å². The zero-order valence-electron chi connectivity index (χ0n) is 10.8. The first-order valence-electron chi connectivity index (χ1n) is 6.17. The van der Waals surface area contributed by atoms with E-state index in [1.54, 1.807) is 0 Å². The van der Waals surface area contributed by atoms with Crippen LogP contribution in [-0.4, -0.2) is 0 Å². The van der Waals surface area contributed by atoms with Crippen molar-refractivity contribution in [3.8, 4) is 0 Å². The first kappa shape index (κ1) is 16.5. The van der Waals surface area contributed by atoms with E-state index in [1.807, 2.05) is 12.1 Å². The van der Waals surface area contributed by atoms with Crippen molar-refractivity contribution in [1.29, 1.82) is 0 Å². The minimum atomic E-state index is 0.275. The molecule has 20 heavy (non-hydrogen) atoms. The predicted octanol–water partition coefficient (Wildman–Crippen LogP) is 7.30. The average molecular weight is 527 g/mol. The minimum absolute atomic E-state index is 0.275. The molecule has 106 valence electrons. The first-order valence-corrected chi connectivity index (χ1v) is 9.35. The van der Waals surface area contributed by atoms with Crippen molar-refractivity contribution in [2.45, 2.75) is 19.4 Å². The molecule has 1 unspecified atom stereocenters. The summed E-state index contributed by atoms with van der Waals surface area (Å²) in [7, 11) is 0. The van der Waals surface area contributed by atoms with Crippen molar-refractivity contribution in [2.24, 2.45) is 0 Å². The Morgan fingerprint density at radius 1 is 0.900 bits per heavy atom. The molecule has 0 spiro atoms. The highest BCUT2D eigenvalue weighted by Gasteiger charge is 2.13. The number of hydrogen-bond acceptors (Lipinski definition) is 1. The van der Waals surface area contributed by atoms with Gasteiger partial charge >= 0.3 is 0 Å². The zero-order valence-corrected chi connectivity index (χ0v) is 17.1. The van der Waals surface area contributed by atoms with Crippen LogP contribution in [0.4, 0.5) is 5.69 Å². The van der Waals surface area contributed by atoms with Crippen LogP contribution >= 0.6 is 63.7 Å². The molecule has 0 radical (unpaired) electrons. The van der Waals surface area contributed by atoms with Crippen molar-refractivity contribution in [2.75, 3.05) is 5.32 Å². The summed E-state index contributed by atoms with van der Waals surface area (Å²) in [5.74, 6) is 0. The summed E-state index contributed by atoms with van der Waals surface area (Å²) in [5, 5.41) is 3.60. The molecule has 0 fully saturated rings. The van der Waals surface area contributed by atoms with Crippen molar-refractivity contribution in [3.05, 3.63) is 59.9 Å². The number of benzene rings is 2. The topological polar surface area (TPSA) is 12.0 Å². The van der Waals surface area contributed by atoms with Crippen molar-refractivity contribution in [1.82, 2.24) is 0 Å². The molecule has 1 N–H and O–H groups in total. The van der Waals surface area contributed by atoms with Crippen LogP contribution in [0.25, 0.3) is 0 Å². The summed E-state index contributed by atoms with van der Waals surface area (Å²) in [6.45, 7) is 2.18. The van der Waals surface area contributed by atoms with E-state index < -0.39 is 0 Å². The van der Waals surface area contributed by atoms with Crippen LogP contribution < -0.4 is 5.32 Å². The molecule has 0 amide bonds. The fourth-order valence-electron chi connectivity index (χ4n) is 1.97. The smallest absolute Gasteiger partial charge is 0.0634 e. The van der Waals surface area contributed by atoms with E-state index in [2.05, 4.69) is 100 Å². The normalized spacial score (nSPS) is 12.2. The van der Waals surface area contributed by atoms with Gasteiger partial charge in [0.1, 0.15) is 0 Å². The van der Waals surface area contributed by atoms with E-state index in [4.69, 9.17) is 0 Å². The lowest BCUT2D eigenvalue weighted by atomic mass is 10.0. The Balaban J connectivity index is 2.29. The molecule has 0 bridgehead atoms. The Hall–Kier alpha value is 0.160. The van der Waals surface area contributed by atoms with Gasteiger partial charge in [-0.1, -0.05) is 50.9 Å². The second-order valence-electron chi connectivity index (χ2n) is 4.40. The van der Waals surface area contributed by atoms with Crippen LogP contribution in [0.2, 0.25) is 0 Å². The molecule has 0 aromatic heterocycles. The van der Waals surface area contributed by atoms with E-state index in [0.29, 0.717) is 0 Å². The monoisotopic (exact) mass is 523 g/mol. The van der Waals surface area contributed by atoms with E-state index >= 15 is 0 Å². The van der Waals surface area contributed by atoms with Gasteiger partial charge in [-0.25, -0.2) is 0 Å². The highest BCUT2D eigenvalue weighted by molar-refractivity contribution is 9.11. The third-order valence-corrected chi connectivity index (χ3v) is 5.24. The molecule has 0 heterocycles. The molecule has 2 aromatic rings. The van der Waals surface area contributed by atoms with Gasteiger partial charge in [-0.2, -0.15) is 0 Å². The fourth-order valence-corrected chi connectivity index (χ4v) is 4.72. The Bertz CT molecular complexity index is 572. The van der Waals surface area contributed by atoms with Crippen LogP contribution in [0.5, 0.6) is 0 Å². The number of hydrogen-bond donors (Lipinski definition) is 1. The van der Waals surface area contributed by atoms with Gasteiger partial charge in [0.2, 0.25) is 0 Å². The van der Waals surface area contributed by atoms with E-state index in [0.717, 1.165) is 30.0 Å². The predicted molar refractivity (Wildman–Crippen MR) is 100 cm³/mol.